The number of hydrogen-bond donors (Lipinski definition) is 2. The van der Waals surface area contributed by atoms with Crippen molar-refractivity contribution in [2.45, 2.75) is 37.8 Å². The van der Waals surface area contributed by atoms with Crippen molar-refractivity contribution in [2.24, 2.45) is 16.6 Å². The van der Waals surface area contributed by atoms with Gasteiger partial charge in [-0.3, -0.25) is 0 Å². The van der Waals surface area contributed by atoms with E-state index in [4.69, 9.17) is 15.2 Å². The summed E-state index contributed by atoms with van der Waals surface area (Å²) >= 11 is 0. The van der Waals surface area contributed by atoms with Gasteiger partial charge < -0.3 is 20.3 Å². The number of aliphatic imine (C=N–C) groups is 1. The molecule has 5 rings (SSSR count). The van der Waals surface area contributed by atoms with Gasteiger partial charge in [0.1, 0.15) is 18.0 Å². The zero-order chi connectivity index (χ0) is 20.9. The Morgan fingerprint density at radius 3 is 2.67 bits per heavy atom. The third kappa shape index (κ3) is 3.36. The molecule has 0 saturated heterocycles. The van der Waals surface area contributed by atoms with Gasteiger partial charge in [-0.05, 0) is 51.0 Å². The monoisotopic (exact) mass is 399 g/mol. The van der Waals surface area contributed by atoms with Gasteiger partial charge in [-0.25, -0.2) is 9.98 Å². The Morgan fingerprint density at radius 1 is 1.17 bits per heavy atom. The molecule has 150 valence electrons. The number of fused-ring (bicyclic) bond motifs is 4. The van der Waals surface area contributed by atoms with Gasteiger partial charge in [0.15, 0.2) is 5.54 Å². The van der Waals surface area contributed by atoms with Crippen molar-refractivity contribution in [1.29, 1.82) is 0 Å². The average molecular weight is 399 g/mol. The number of hydrogen-bond acceptors (Lipinski definition) is 6. The van der Waals surface area contributed by atoms with Gasteiger partial charge in [-0.2, -0.15) is 0 Å². The molecule has 0 bridgehead atoms. The number of amidine groups is 1. The average Bonchev–Trinajstić information content (AvgIpc) is 3.46. The van der Waals surface area contributed by atoms with Gasteiger partial charge in [0, 0.05) is 28.8 Å². The number of nitrogens with two attached hydrogens (primary N) is 1. The van der Waals surface area contributed by atoms with Crippen LogP contribution in [0.3, 0.4) is 0 Å². The molecule has 1 aromatic carbocycles. The minimum Gasteiger partial charge on any atom is -0.462 e. The molecule has 3 N–H and O–H groups in total. The number of benzene rings is 1. The summed E-state index contributed by atoms with van der Waals surface area (Å²) in [6, 6.07) is 7.83. The second-order valence-corrected chi connectivity index (χ2v) is 8.34. The molecule has 6 nitrogen and oxygen atoms in total. The number of nitrogens with zero attached hydrogens (tertiary/aromatic N) is 2. The zero-order valence-electron chi connectivity index (χ0n) is 16.8. The van der Waals surface area contributed by atoms with E-state index in [9.17, 15) is 5.11 Å². The Bertz CT molecular complexity index is 1200. The van der Waals surface area contributed by atoms with E-state index in [-0.39, 0.29) is 12.6 Å². The first-order chi connectivity index (χ1) is 14.3. The summed E-state index contributed by atoms with van der Waals surface area (Å²) in [6.45, 7) is 3.51. The fraction of sp³-hybridized carbons (Fsp3) is 0.333. The molecule has 30 heavy (non-hydrogen) atoms. The van der Waals surface area contributed by atoms with Crippen molar-refractivity contribution in [1.82, 2.24) is 4.98 Å². The van der Waals surface area contributed by atoms with Crippen LogP contribution in [-0.4, -0.2) is 28.3 Å². The lowest BCUT2D eigenvalue weighted by molar-refractivity contribution is 0.143. The molecular weight excluding hydrogens is 378 g/mol. The van der Waals surface area contributed by atoms with Crippen molar-refractivity contribution in [3.05, 3.63) is 52.7 Å². The van der Waals surface area contributed by atoms with E-state index in [1.807, 2.05) is 24.3 Å². The molecule has 1 aliphatic carbocycles. The largest absolute Gasteiger partial charge is 0.462 e. The predicted molar refractivity (Wildman–Crippen MR) is 112 cm³/mol. The Kier molecular flexibility index (Phi) is 4.03. The van der Waals surface area contributed by atoms with Gasteiger partial charge in [0.25, 0.3) is 6.02 Å². The summed E-state index contributed by atoms with van der Waals surface area (Å²) < 4.78 is 11.7. The molecule has 1 fully saturated rings. The topological polar surface area (TPSA) is 90.0 Å². The first-order valence-electron chi connectivity index (χ1n) is 9.91. The van der Waals surface area contributed by atoms with Crippen molar-refractivity contribution in [2.75, 3.05) is 6.61 Å². The molecule has 3 aliphatic rings. The van der Waals surface area contributed by atoms with Gasteiger partial charge in [-0.15, -0.1) is 0 Å². The molecule has 2 aliphatic heterocycles. The first-order valence-corrected chi connectivity index (χ1v) is 9.91. The Morgan fingerprint density at radius 2 is 1.97 bits per heavy atom. The maximum absolute atomic E-state index is 9.92. The summed E-state index contributed by atoms with van der Waals surface area (Å²) in [5, 5.41) is 9.92. The highest BCUT2D eigenvalue weighted by atomic mass is 16.5. The Labute approximate surface area is 175 Å². The van der Waals surface area contributed by atoms with Crippen LogP contribution in [0, 0.1) is 29.6 Å². The maximum Gasteiger partial charge on any atom is 0.283 e. The SMILES string of the molecule is CC(C)(O)C#Cc1cnc2c(c1)[C@]1(COC(N)=N1)c1cc(C#CC3CC3)ccc1O2. The molecule has 0 amide bonds. The van der Waals surface area contributed by atoms with Crippen LogP contribution in [-0.2, 0) is 10.3 Å². The predicted octanol–water partition coefficient (Wildman–Crippen LogP) is 2.66. The van der Waals surface area contributed by atoms with Crippen molar-refractivity contribution in [3.63, 3.8) is 0 Å². The number of pyridine rings is 1. The van der Waals surface area contributed by atoms with E-state index in [0.29, 0.717) is 23.1 Å². The van der Waals surface area contributed by atoms with Crippen LogP contribution < -0.4 is 10.5 Å². The van der Waals surface area contributed by atoms with E-state index in [0.717, 1.165) is 16.7 Å². The van der Waals surface area contributed by atoms with Crippen molar-refractivity contribution < 1.29 is 14.6 Å². The normalized spacial score (nSPS) is 21.1. The molecule has 0 radical (unpaired) electrons. The summed E-state index contributed by atoms with van der Waals surface area (Å²) in [6.07, 6.45) is 3.97. The molecular formula is C24H21N3O3. The fourth-order valence-corrected chi connectivity index (χ4v) is 3.51. The second kappa shape index (κ2) is 6.52. The molecule has 6 heteroatoms. The summed E-state index contributed by atoms with van der Waals surface area (Å²) in [4.78, 5) is 9.12. The van der Waals surface area contributed by atoms with Crippen molar-refractivity contribution >= 4 is 6.02 Å². The van der Waals surface area contributed by atoms with E-state index >= 15 is 0 Å². The van der Waals surface area contributed by atoms with E-state index < -0.39 is 11.1 Å². The molecule has 0 unspecified atom stereocenters. The van der Waals surface area contributed by atoms with Crippen LogP contribution in [0.25, 0.3) is 0 Å². The number of rotatable bonds is 0. The van der Waals surface area contributed by atoms with E-state index in [1.165, 1.54) is 12.8 Å². The summed E-state index contributed by atoms with van der Waals surface area (Å²) in [5.74, 6) is 13.9. The number of aliphatic hydroxyl groups is 1. The third-order valence-corrected chi connectivity index (χ3v) is 5.17. The second-order valence-electron chi connectivity index (χ2n) is 8.34. The molecule has 1 atom stereocenters. The lowest BCUT2D eigenvalue weighted by Gasteiger charge is -2.32. The molecule has 2 aromatic rings. The Hall–Kier alpha value is -3.48. The quantitative estimate of drug-likeness (QED) is 0.665. The minimum atomic E-state index is -1.11. The highest BCUT2D eigenvalue weighted by molar-refractivity contribution is 5.76. The standard InChI is InChI=1S/C24H21N3O3/c1-23(2,28)10-9-17-12-19-21(26-13-17)30-20-8-7-16(6-5-15-3-4-15)11-18(20)24(19)14-29-22(25)27-24/h7-8,11-13,15,28H,3-4,14H2,1-2H3,(H2,25,27)/t24-/m0/s1. The van der Waals surface area contributed by atoms with Gasteiger partial charge >= 0.3 is 0 Å². The van der Waals surface area contributed by atoms with Crippen molar-refractivity contribution in [3.8, 4) is 35.3 Å². The Balaban J connectivity index is 1.64. The zero-order valence-corrected chi connectivity index (χ0v) is 16.8. The van der Waals surface area contributed by atoms with Crippen LogP contribution in [0.4, 0.5) is 0 Å². The maximum atomic E-state index is 9.92. The van der Waals surface area contributed by atoms with Crippen LogP contribution in [0.15, 0.2) is 35.5 Å². The van der Waals surface area contributed by atoms with Crippen LogP contribution in [0.1, 0.15) is 48.9 Å². The number of ether oxygens (including phenoxy) is 2. The van der Waals surface area contributed by atoms with Crippen LogP contribution in [0.2, 0.25) is 0 Å². The fourth-order valence-electron chi connectivity index (χ4n) is 3.51. The lowest BCUT2D eigenvalue weighted by Crippen LogP contribution is -2.31. The van der Waals surface area contributed by atoms with E-state index in [1.54, 1.807) is 20.0 Å². The molecule has 1 spiro atoms. The van der Waals surface area contributed by atoms with Crippen LogP contribution in [0.5, 0.6) is 11.6 Å². The van der Waals surface area contributed by atoms with Gasteiger partial charge in [-0.1, -0.05) is 23.7 Å². The highest BCUT2D eigenvalue weighted by Crippen LogP contribution is 2.50. The summed E-state index contributed by atoms with van der Waals surface area (Å²) in [7, 11) is 0. The molecule has 1 saturated carbocycles. The summed E-state index contributed by atoms with van der Waals surface area (Å²) in [5.41, 5.74) is 7.07. The molecule has 1 aromatic heterocycles. The third-order valence-electron chi connectivity index (χ3n) is 5.17. The minimum absolute atomic E-state index is 0.122. The van der Waals surface area contributed by atoms with Gasteiger partial charge in [0.2, 0.25) is 5.88 Å². The van der Waals surface area contributed by atoms with Crippen LogP contribution >= 0.6 is 0 Å². The lowest BCUT2D eigenvalue weighted by atomic mass is 9.81. The van der Waals surface area contributed by atoms with E-state index in [2.05, 4.69) is 33.7 Å². The molecule has 3 heterocycles. The van der Waals surface area contributed by atoms with Gasteiger partial charge in [0.05, 0.1) is 5.56 Å². The highest BCUT2D eigenvalue weighted by Gasteiger charge is 2.47. The number of aromatic nitrogens is 1. The first kappa shape index (κ1) is 18.5. The smallest absolute Gasteiger partial charge is 0.283 e.